The number of aromatic amines is 1. The molecule has 0 saturated heterocycles. The molecule has 3 N–H and O–H groups in total. The number of benzene rings is 1. The first-order valence-electron chi connectivity index (χ1n) is 9.18. The van der Waals surface area contributed by atoms with Gasteiger partial charge in [-0.15, -0.1) is 13.2 Å². The van der Waals surface area contributed by atoms with Crippen molar-refractivity contribution in [1.29, 1.82) is 0 Å². The summed E-state index contributed by atoms with van der Waals surface area (Å²) < 4.78 is 41.4. The van der Waals surface area contributed by atoms with Crippen LogP contribution in [0.5, 0.6) is 5.75 Å². The van der Waals surface area contributed by atoms with Crippen molar-refractivity contribution in [1.82, 2.24) is 10.3 Å². The molecular weight excluding hydrogens is 389 g/mol. The van der Waals surface area contributed by atoms with Crippen LogP contribution in [0.25, 0.3) is 10.9 Å². The summed E-state index contributed by atoms with van der Waals surface area (Å²) in [6.07, 6.45) is -0.145. The Labute approximate surface area is 164 Å². The number of allylic oxidation sites excluding steroid dienone is 2. The number of amides is 1. The van der Waals surface area contributed by atoms with Gasteiger partial charge >= 0.3 is 12.3 Å². The number of halogens is 3. The second-order valence-electron chi connectivity index (χ2n) is 7.02. The number of hydrogen-bond acceptors (Lipinski definition) is 3. The highest BCUT2D eigenvalue weighted by Gasteiger charge is 2.34. The molecule has 0 spiro atoms. The fourth-order valence-electron chi connectivity index (χ4n) is 3.70. The molecule has 1 amide bonds. The number of ether oxygens (including phenoxy) is 1. The highest BCUT2D eigenvalue weighted by atomic mass is 19.4. The van der Waals surface area contributed by atoms with Crippen molar-refractivity contribution >= 4 is 22.8 Å². The van der Waals surface area contributed by atoms with Crippen molar-refractivity contribution in [3.63, 3.8) is 0 Å². The Bertz CT molecular complexity index is 949. The zero-order valence-corrected chi connectivity index (χ0v) is 15.7. The smallest absolute Gasteiger partial charge is 0.481 e. The van der Waals surface area contributed by atoms with Crippen LogP contribution in [0.15, 0.2) is 30.4 Å². The molecular formula is C20H21F3N2O4. The van der Waals surface area contributed by atoms with Gasteiger partial charge in [0.15, 0.2) is 0 Å². The van der Waals surface area contributed by atoms with Gasteiger partial charge in [0, 0.05) is 23.1 Å². The van der Waals surface area contributed by atoms with Crippen molar-refractivity contribution in [3.05, 3.63) is 41.6 Å². The molecule has 9 heteroatoms. The molecule has 0 radical (unpaired) electrons. The normalized spacial score (nSPS) is 19.3. The number of alkyl halides is 3. The summed E-state index contributed by atoms with van der Waals surface area (Å²) >= 11 is 0. The van der Waals surface area contributed by atoms with E-state index in [1.165, 1.54) is 18.2 Å². The van der Waals surface area contributed by atoms with E-state index in [0.29, 0.717) is 30.2 Å². The number of aryl methyl sites for hydroxylation is 1. The molecule has 0 unspecified atom stereocenters. The molecule has 0 saturated carbocycles. The van der Waals surface area contributed by atoms with E-state index in [2.05, 4.69) is 15.0 Å². The van der Waals surface area contributed by atoms with Crippen LogP contribution in [-0.4, -0.2) is 34.9 Å². The van der Waals surface area contributed by atoms with Crippen LogP contribution in [0.2, 0.25) is 0 Å². The lowest BCUT2D eigenvalue weighted by Gasteiger charge is -2.24. The van der Waals surface area contributed by atoms with Crippen LogP contribution >= 0.6 is 0 Å². The van der Waals surface area contributed by atoms with Gasteiger partial charge in [-0.3, -0.25) is 9.59 Å². The number of carboxylic acid groups (broad SMARTS) is 1. The van der Waals surface area contributed by atoms with Crippen molar-refractivity contribution in [3.8, 4) is 5.75 Å². The summed E-state index contributed by atoms with van der Waals surface area (Å²) in [4.78, 5) is 26.9. The Morgan fingerprint density at radius 1 is 1.24 bits per heavy atom. The van der Waals surface area contributed by atoms with E-state index >= 15 is 0 Å². The maximum absolute atomic E-state index is 12.5. The van der Waals surface area contributed by atoms with Crippen molar-refractivity contribution < 1.29 is 32.6 Å². The van der Waals surface area contributed by atoms with Gasteiger partial charge < -0.3 is 20.1 Å². The van der Waals surface area contributed by atoms with E-state index in [0.717, 1.165) is 11.3 Å². The summed E-state index contributed by atoms with van der Waals surface area (Å²) in [5.41, 5.74) is 2.22. The van der Waals surface area contributed by atoms with E-state index in [9.17, 15) is 27.9 Å². The molecule has 0 bridgehead atoms. The van der Waals surface area contributed by atoms with Gasteiger partial charge in [-0.05, 0) is 49.9 Å². The largest absolute Gasteiger partial charge is 0.573 e. The molecule has 156 valence electrons. The number of aliphatic carboxylic acids is 1. The van der Waals surface area contributed by atoms with E-state index in [4.69, 9.17) is 0 Å². The van der Waals surface area contributed by atoms with E-state index in [1.54, 1.807) is 19.1 Å². The number of rotatable bonds is 6. The molecule has 1 aromatic heterocycles. The predicted octanol–water partition coefficient (Wildman–Crippen LogP) is 3.70. The van der Waals surface area contributed by atoms with E-state index in [1.807, 2.05) is 0 Å². The lowest BCUT2D eigenvalue weighted by atomic mass is 9.82. The number of aromatic nitrogens is 1. The minimum absolute atomic E-state index is 0.240. The summed E-state index contributed by atoms with van der Waals surface area (Å²) in [6.45, 7) is 2.04. The minimum Gasteiger partial charge on any atom is -0.481 e. The molecule has 1 aliphatic carbocycles. The fourth-order valence-corrected chi connectivity index (χ4v) is 3.70. The fraction of sp³-hybridized carbons (Fsp3) is 0.400. The van der Waals surface area contributed by atoms with Gasteiger partial charge in [0.2, 0.25) is 5.91 Å². The average Bonchev–Trinajstić information content (AvgIpc) is 2.95. The molecule has 2 aromatic rings. The molecule has 3 rings (SSSR count). The second kappa shape index (κ2) is 8.18. The first-order chi connectivity index (χ1) is 13.7. The van der Waals surface area contributed by atoms with Gasteiger partial charge in [0.25, 0.3) is 0 Å². The molecule has 1 aliphatic rings. The van der Waals surface area contributed by atoms with Crippen molar-refractivity contribution in [2.75, 3.05) is 6.54 Å². The third kappa shape index (κ3) is 4.90. The Balaban J connectivity index is 1.69. The standard InChI is InChI=1S/C20H21F3N2O4/c1-11-13(16-10-12(29-20(21,22)23)6-7-17(16)25-11)8-9-24-18(26)14-4-2-3-5-15(14)19(27)28/h2-3,6-7,10,14-15,25H,4-5,8-9H2,1H3,(H,24,26)(H,27,28)/t14-,15-/m0/s1. The molecule has 1 aromatic carbocycles. The van der Waals surface area contributed by atoms with Crippen molar-refractivity contribution in [2.45, 2.75) is 32.5 Å². The lowest BCUT2D eigenvalue weighted by Crippen LogP contribution is -2.39. The average molecular weight is 410 g/mol. The number of H-pyrrole nitrogens is 1. The molecule has 2 atom stereocenters. The van der Waals surface area contributed by atoms with E-state index in [-0.39, 0.29) is 18.2 Å². The maximum atomic E-state index is 12.5. The Morgan fingerprint density at radius 3 is 2.59 bits per heavy atom. The van der Waals surface area contributed by atoms with Crippen LogP contribution < -0.4 is 10.1 Å². The van der Waals surface area contributed by atoms with Crippen molar-refractivity contribution in [2.24, 2.45) is 11.8 Å². The third-order valence-electron chi connectivity index (χ3n) is 5.09. The number of carbonyl (C=O) groups excluding carboxylic acids is 1. The number of nitrogens with one attached hydrogen (secondary N) is 2. The maximum Gasteiger partial charge on any atom is 0.573 e. The van der Waals surface area contributed by atoms with Gasteiger partial charge in [-0.2, -0.15) is 0 Å². The second-order valence-corrected chi connectivity index (χ2v) is 7.02. The molecule has 0 aliphatic heterocycles. The number of carbonyl (C=O) groups is 2. The Kier molecular flexibility index (Phi) is 5.86. The molecule has 0 fully saturated rings. The van der Waals surface area contributed by atoms with Gasteiger partial charge in [0.1, 0.15) is 5.75 Å². The van der Waals surface area contributed by atoms with Gasteiger partial charge in [-0.25, -0.2) is 0 Å². The highest BCUT2D eigenvalue weighted by molar-refractivity contribution is 5.87. The monoisotopic (exact) mass is 410 g/mol. The number of hydrogen-bond donors (Lipinski definition) is 3. The van der Waals surface area contributed by atoms with Crippen LogP contribution in [-0.2, 0) is 16.0 Å². The first kappa shape index (κ1) is 20.8. The van der Waals surface area contributed by atoms with Crippen LogP contribution in [0.4, 0.5) is 13.2 Å². The lowest BCUT2D eigenvalue weighted by molar-refractivity contribution is -0.274. The Morgan fingerprint density at radius 2 is 1.93 bits per heavy atom. The number of carboxylic acids is 1. The van der Waals surface area contributed by atoms with Crippen LogP contribution in [0, 0.1) is 18.8 Å². The topological polar surface area (TPSA) is 91.4 Å². The summed E-state index contributed by atoms with van der Waals surface area (Å²) in [7, 11) is 0. The summed E-state index contributed by atoms with van der Waals surface area (Å²) in [5.74, 6) is -3.03. The Hall–Kier alpha value is -2.97. The number of fused-ring (bicyclic) bond motifs is 1. The van der Waals surface area contributed by atoms with Gasteiger partial charge in [0.05, 0.1) is 11.8 Å². The van der Waals surface area contributed by atoms with Crippen LogP contribution in [0.3, 0.4) is 0 Å². The SMILES string of the molecule is Cc1[nH]c2ccc(OC(F)(F)F)cc2c1CCNC(=O)[C@H]1CC=CC[C@@H]1C(=O)O. The summed E-state index contributed by atoms with van der Waals surface area (Å²) in [6, 6.07) is 4.06. The predicted molar refractivity (Wildman–Crippen MR) is 99.4 cm³/mol. The van der Waals surface area contributed by atoms with Crippen LogP contribution in [0.1, 0.15) is 24.1 Å². The zero-order valence-electron chi connectivity index (χ0n) is 15.7. The quantitative estimate of drug-likeness (QED) is 0.634. The van der Waals surface area contributed by atoms with Gasteiger partial charge in [-0.1, -0.05) is 12.2 Å². The highest BCUT2D eigenvalue weighted by Crippen LogP contribution is 2.30. The first-order valence-corrected chi connectivity index (χ1v) is 9.18. The van der Waals surface area contributed by atoms with E-state index < -0.39 is 24.2 Å². The minimum atomic E-state index is -4.78. The molecule has 6 nitrogen and oxygen atoms in total. The third-order valence-corrected chi connectivity index (χ3v) is 5.09. The summed E-state index contributed by atoms with van der Waals surface area (Å²) in [5, 5.41) is 12.6. The molecule has 29 heavy (non-hydrogen) atoms. The molecule has 1 heterocycles. The zero-order chi connectivity index (χ0) is 21.2.